The number of rotatable bonds is 6. The molecule has 6 heteroatoms. The molecule has 0 unspecified atom stereocenters. The van der Waals surface area contributed by atoms with E-state index >= 15 is 0 Å². The summed E-state index contributed by atoms with van der Waals surface area (Å²) >= 11 is 1.34. The lowest BCUT2D eigenvalue weighted by atomic mass is 10.2. The summed E-state index contributed by atoms with van der Waals surface area (Å²) in [5.41, 5.74) is 0. The van der Waals surface area contributed by atoms with Gasteiger partial charge in [0.25, 0.3) is 0 Å². The summed E-state index contributed by atoms with van der Waals surface area (Å²) in [6, 6.07) is 0. The number of carboxylic acid groups (broad SMARTS) is 1. The maximum atomic E-state index is 10.3. The lowest BCUT2D eigenvalue weighted by molar-refractivity contribution is -0.133. The molecule has 0 spiro atoms. The zero-order chi connectivity index (χ0) is 11.3. The molecular weight excluding hydrogens is 214 g/mol. The average molecular weight is 229 g/mol. The molecule has 0 atom stereocenters. The van der Waals surface area contributed by atoms with E-state index in [1.807, 2.05) is 4.68 Å². The molecule has 0 saturated heterocycles. The molecule has 1 aromatic heterocycles. The summed E-state index contributed by atoms with van der Waals surface area (Å²) in [7, 11) is 0. The van der Waals surface area contributed by atoms with E-state index in [-0.39, 0.29) is 5.75 Å². The van der Waals surface area contributed by atoms with Gasteiger partial charge in [-0.3, -0.25) is 4.79 Å². The number of hydrogen-bond donors (Lipinski definition) is 1. The summed E-state index contributed by atoms with van der Waals surface area (Å²) in [5, 5.41) is 12.6. The van der Waals surface area contributed by atoms with Crippen molar-refractivity contribution >= 4 is 17.7 Å². The molecule has 0 aliphatic rings. The van der Waals surface area contributed by atoms with Crippen LogP contribution >= 0.6 is 11.8 Å². The molecule has 0 bridgehead atoms. The number of hydrogen-bond acceptors (Lipinski definition) is 4. The lowest BCUT2D eigenvalue weighted by Gasteiger charge is -2.07. The predicted octanol–water partition coefficient (Wildman–Crippen LogP) is 1.25. The van der Waals surface area contributed by atoms with Crippen LogP contribution in [0.2, 0.25) is 0 Å². The molecule has 0 radical (unpaired) electrons. The normalized spacial score (nSPS) is 10.9. The minimum absolute atomic E-state index is 0.106. The van der Waals surface area contributed by atoms with Gasteiger partial charge in [-0.05, 0) is 5.92 Å². The van der Waals surface area contributed by atoms with Crippen LogP contribution < -0.4 is 0 Å². The van der Waals surface area contributed by atoms with Crippen molar-refractivity contribution in [2.75, 3.05) is 5.75 Å². The summed E-state index contributed by atoms with van der Waals surface area (Å²) in [5.74, 6) is 1.26. The van der Waals surface area contributed by atoms with Crippen LogP contribution in [0.25, 0.3) is 0 Å². The Balaban J connectivity index is 2.46. The Morgan fingerprint density at radius 3 is 3.00 bits per heavy atom. The zero-order valence-electron chi connectivity index (χ0n) is 8.88. The van der Waals surface area contributed by atoms with E-state index in [1.165, 1.54) is 18.1 Å². The average Bonchev–Trinajstić information content (AvgIpc) is 2.51. The molecule has 1 heterocycles. The van der Waals surface area contributed by atoms with E-state index in [4.69, 9.17) is 5.11 Å². The molecule has 15 heavy (non-hydrogen) atoms. The maximum absolute atomic E-state index is 10.3. The highest BCUT2D eigenvalue weighted by Gasteiger charge is 2.07. The van der Waals surface area contributed by atoms with Crippen molar-refractivity contribution in [2.24, 2.45) is 5.92 Å². The SMILES string of the molecule is CC(C)Cn1ncnc1CSCC(=O)O. The van der Waals surface area contributed by atoms with Crippen LogP contribution in [0.5, 0.6) is 0 Å². The number of thioether (sulfide) groups is 1. The van der Waals surface area contributed by atoms with Crippen LogP contribution in [0, 0.1) is 5.92 Å². The third kappa shape index (κ3) is 4.33. The topological polar surface area (TPSA) is 68.0 Å². The molecule has 0 aliphatic heterocycles. The van der Waals surface area contributed by atoms with E-state index in [1.54, 1.807) is 0 Å². The molecular formula is C9H15N3O2S. The Hall–Kier alpha value is -1.04. The minimum Gasteiger partial charge on any atom is -0.481 e. The summed E-state index contributed by atoms with van der Waals surface area (Å²) in [4.78, 5) is 14.4. The third-order valence-electron chi connectivity index (χ3n) is 1.69. The van der Waals surface area contributed by atoms with Crippen LogP contribution in [0.15, 0.2) is 6.33 Å². The number of aliphatic carboxylic acids is 1. The fraction of sp³-hybridized carbons (Fsp3) is 0.667. The van der Waals surface area contributed by atoms with Crippen molar-refractivity contribution in [1.82, 2.24) is 14.8 Å². The first-order chi connectivity index (χ1) is 7.09. The van der Waals surface area contributed by atoms with Crippen molar-refractivity contribution in [1.29, 1.82) is 0 Å². The first-order valence-electron chi connectivity index (χ1n) is 4.75. The Morgan fingerprint density at radius 2 is 2.40 bits per heavy atom. The van der Waals surface area contributed by atoms with Gasteiger partial charge in [0.05, 0.1) is 11.5 Å². The van der Waals surface area contributed by atoms with Crippen LogP contribution in [0.3, 0.4) is 0 Å². The van der Waals surface area contributed by atoms with Gasteiger partial charge in [-0.2, -0.15) is 5.10 Å². The maximum Gasteiger partial charge on any atom is 0.313 e. The predicted molar refractivity (Wildman–Crippen MR) is 58.7 cm³/mol. The van der Waals surface area contributed by atoms with Crippen molar-refractivity contribution in [3.8, 4) is 0 Å². The van der Waals surface area contributed by atoms with Gasteiger partial charge in [-0.25, -0.2) is 9.67 Å². The molecule has 0 amide bonds. The number of aromatic nitrogens is 3. The number of nitrogens with zero attached hydrogens (tertiary/aromatic N) is 3. The smallest absolute Gasteiger partial charge is 0.313 e. The van der Waals surface area contributed by atoms with E-state index in [0.717, 1.165) is 12.4 Å². The minimum atomic E-state index is -0.796. The van der Waals surface area contributed by atoms with Crippen molar-refractivity contribution in [3.05, 3.63) is 12.2 Å². The van der Waals surface area contributed by atoms with Gasteiger partial charge in [-0.1, -0.05) is 13.8 Å². The Morgan fingerprint density at radius 1 is 1.67 bits per heavy atom. The van der Waals surface area contributed by atoms with E-state index in [0.29, 0.717) is 11.7 Å². The highest BCUT2D eigenvalue weighted by atomic mass is 32.2. The van der Waals surface area contributed by atoms with E-state index in [9.17, 15) is 4.79 Å². The van der Waals surface area contributed by atoms with Gasteiger partial charge in [0.2, 0.25) is 0 Å². The van der Waals surface area contributed by atoms with Crippen molar-refractivity contribution in [3.63, 3.8) is 0 Å². The molecule has 1 aromatic rings. The lowest BCUT2D eigenvalue weighted by Crippen LogP contribution is -2.10. The summed E-state index contributed by atoms with van der Waals surface area (Å²) < 4.78 is 1.83. The van der Waals surface area contributed by atoms with Crippen LogP contribution in [-0.4, -0.2) is 31.6 Å². The van der Waals surface area contributed by atoms with Gasteiger partial charge in [-0.15, -0.1) is 11.8 Å². The monoisotopic (exact) mass is 229 g/mol. The highest BCUT2D eigenvalue weighted by Crippen LogP contribution is 2.10. The second-order valence-electron chi connectivity index (χ2n) is 3.64. The van der Waals surface area contributed by atoms with Gasteiger partial charge in [0.1, 0.15) is 12.2 Å². The fourth-order valence-electron chi connectivity index (χ4n) is 1.13. The zero-order valence-corrected chi connectivity index (χ0v) is 9.70. The summed E-state index contributed by atoms with van der Waals surface area (Å²) in [6.07, 6.45) is 1.51. The van der Waals surface area contributed by atoms with Gasteiger partial charge in [0, 0.05) is 6.54 Å². The second-order valence-corrected chi connectivity index (χ2v) is 4.62. The van der Waals surface area contributed by atoms with Gasteiger partial charge < -0.3 is 5.11 Å². The van der Waals surface area contributed by atoms with Crippen LogP contribution in [0.1, 0.15) is 19.7 Å². The highest BCUT2D eigenvalue weighted by molar-refractivity contribution is 7.99. The molecule has 1 rings (SSSR count). The molecule has 0 saturated carbocycles. The molecule has 5 nitrogen and oxygen atoms in total. The molecule has 1 N–H and O–H groups in total. The second kappa shape index (κ2) is 5.75. The first-order valence-corrected chi connectivity index (χ1v) is 5.91. The Kier molecular flexibility index (Phi) is 4.61. The van der Waals surface area contributed by atoms with Gasteiger partial charge >= 0.3 is 5.97 Å². The molecule has 0 aromatic carbocycles. The van der Waals surface area contributed by atoms with Crippen LogP contribution in [0.4, 0.5) is 0 Å². The largest absolute Gasteiger partial charge is 0.481 e. The number of carbonyl (C=O) groups is 1. The number of carboxylic acids is 1. The van der Waals surface area contributed by atoms with Gasteiger partial charge in [0.15, 0.2) is 0 Å². The van der Waals surface area contributed by atoms with Crippen molar-refractivity contribution < 1.29 is 9.90 Å². The third-order valence-corrected chi connectivity index (χ3v) is 2.60. The quantitative estimate of drug-likeness (QED) is 0.795. The first kappa shape index (κ1) is 12.0. The molecule has 84 valence electrons. The van der Waals surface area contributed by atoms with Crippen molar-refractivity contribution in [2.45, 2.75) is 26.1 Å². The Bertz CT molecular complexity index is 325. The molecule has 0 aliphatic carbocycles. The van der Waals surface area contributed by atoms with E-state index in [2.05, 4.69) is 23.9 Å². The van der Waals surface area contributed by atoms with Crippen LogP contribution in [-0.2, 0) is 17.1 Å². The Labute approximate surface area is 92.9 Å². The molecule has 0 fully saturated rings. The summed E-state index contributed by atoms with van der Waals surface area (Å²) in [6.45, 7) is 5.04. The van der Waals surface area contributed by atoms with E-state index < -0.39 is 5.97 Å². The fourth-order valence-corrected chi connectivity index (χ4v) is 1.81. The standard InChI is InChI=1S/C9H15N3O2S/c1-7(2)3-12-8(10-6-11-12)4-15-5-9(13)14/h6-7H,3-5H2,1-2H3,(H,13,14).